The molecule has 0 N–H and O–H groups in total. The molecule has 0 fully saturated rings. The number of unbranched alkanes of at least 4 members (excludes halogenated alkanes) is 6. The Hall–Kier alpha value is -2.09. The van der Waals surface area contributed by atoms with E-state index < -0.39 is 0 Å². The molecule has 1 atom stereocenters. The first-order valence-electron chi connectivity index (χ1n) is 12.0. The largest absolute Gasteiger partial charge is 0.311 e. The van der Waals surface area contributed by atoms with Crippen LogP contribution in [0.25, 0.3) is 0 Å². The summed E-state index contributed by atoms with van der Waals surface area (Å²) in [6, 6.07) is 17.3. The van der Waals surface area contributed by atoms with Gasteiger partial charge in [-0.1, -0.05) is 100 Å². The van der Waals surface area contributed by atoms with Crippen molar-refractivity contribution in [1.29, 1.82) is 0 Å². The summed E-state index contributed by atoms with van der Waals surface area (Å²) in [6.07, 6.45) is 11.5. The molecule has 1 aliphatic rings. The van der Waals surface area contributed by atoms with Crippen LogP contribution in [0.1, 0.15) is 88.3 Å². The van der Waals surface area contributed by atoms with Crippen molar-refractivity contribution < 1.29 is 4.79 Å². The minimum absolute atomic E-state index is 0.0208. The molecule has 0 aromatic heterocycles. The number of aryl methyl sites for hydroxylation is 2. The van der Waals surface area contributed by atoms with Crippen molar-refractivity contribution in [3.05, 3.63) is 65.2 Å². The van der Waals surface area contributed by atoms with Gasteiger partial charge in [0, 0.05) is 24.1 Å². The number of benzene rings is 2. The Morgan fingerprint density at radius 1 is 0.967 bits per heavy atom. The third-order valence-electron chi connectivity index (χ3n) is 6.70. The molecule has 1 amide bonds. The lowest BCUT2D eigenvalue weighted by atomic mass is 9.79. The van der Waals surface area contributed by atoms with Crippen LogP contribution < -0.4 is 4.90 Å². The molecule has 1 unspecified atom stereocenters. The minimum Gasteiger partial charge on any atom is -0.311 e. The molecule has 0 spiro atoms. The van der Waals surface area contributed by atoms with Crippen LogP contribution in [-0.2, 0) is 16.6 Å². The molecule has 0 saturated heterocycles. The second-order valence-corrected chi connectivity index (χ2v) is 9.42. The number of nitrogens with zero attached hydrogens (tertiary/aromatic N) is 1. The molecule has 2 nitrogen and oxygen atoms in total. The SMILES string of the molecule is CCCCCCCCCC(=O)N1CC(C)(CCc2ccccc2)c2cc(C)ccc21. The first-order valence-corrected chi connectivity index (χ1v) is 12.0. The quantitative estimate of drug-likeness (QED) is 0.357. The predicted molar refractivity (Wildman–Crippen MR) is 128 cm³/mol. The third kappa shape index (κ3) is 5.74. The zero-order valence-corrected chi connectivity index (χ0v) is 19.3. The minimum atomic E-state index is 0.0208. The molecule has 0 saturated carbocycles. The van der Waals surface area contributed by atoms with Gasteiger partial charge >= 0.3 is 0 Å². The van der Waals surface area contributed by atoms with Gasteiger partial charge in [-0.2, -0.15) is 0 Å². The summed E-state index contributed by atoms with van der Waals surface area (Å²) in [5.74, 6) is 0.303. The van der Waals surface area contributed by atoms with Crippen molar-refractivity contribution in [1.82, 2.24) is 0 Å². The molecule has 2 aromatic rings. The van der Waals surface area contributed by atoms with Gasteiger partial charge < -0.3 is 4.90 Å². The van der Waals surface area contributed by atoms with Crippen molar-refractivity contribution in [2.45, 2.75) is 90.4 Å². The van der Waals surface area contributed by atoms with E-state index in [1.807, 2.05) is 0 Å². The molecule has 3 rings (SSSR count). The van der Waals surface area contributed by atoms with Crippen molar-refractivity contribution >= 4 is 11.6 Å². The predicted octanol–water partition coefficient (Wildman–Crippen LogP) is 7.37. The average molecular weight is 406 g/mol. The monoisotopic (exact) mass is 405 g/mol. The second-order valence-electron chi connectivity index (χ2n) is 9.42. The summed E-state index contributed by atoms with van der Waals surface area (Å²) in [4.78, 5) is 15.2. The first-order chi connectivity index (χ1) is 14.5. The van der Waals surface area contributed by atoms with E-state index in [9.17, 15) is 4.79 Å². The fourth-order valence-corrected chi connectivity index (χ4v) is 4.76. The number of hydrogen-bond donors (Lipinski definition) is 0. The maximum atomic E-state index is 13.1. The van der Waals surface area contributed by atoms with E-state index in [0.717, 1.165) is 31.5 Å². The molecule has 2 heteroatoms. The van der Waals surface area contributed by atoms with Crippen LogP contribution >= 0.6 is 0 Å². The second kappa shape index (κ2) is 10.8. The summed E-state index contributed by atoms with van der Waals surface area (Å²) < 4.78 is 0. The van der Waals surface area contributed by atoms with Crippen molar-refractivity contribution in [3.63, 3.8) is 0 Å². The topological polar surface area (TPSA) is 20.3 Å². The lowest BCUT2D eigenvalue weighted by molar-refractivity contribution is -0.118. The zero-order valence-electron chi connectivity index (χ0n) is 19.3. The number of fused-ring (bicyclic) bond motifs is 1. The molecule has 30 heavy (non-hydrogen) atoms. The van der Waals surface area contributed by atoms with Gasteiger partial charge in [0.15, 0.2) is 0 Å². The average Bonchev–Trinajstić information content (AvgIpc) is 3.05. The molecule has 162 valence electrons. The highest BCUT2D eigenvalue weighted by atomic mass is 16.2. The Labute approximate surface area is 183 Å². The van der Waals surface area contributed by atoms with Gasteiger partial charge in [-0.15, -0.1) is 0 Å². The molecular weight excluding hydrogens is 366 g/mol. The van der Waals surface area contributed by atoms with E-state index >= 15 is 0 Å². The van der Waals surface area contributed by atoms with Crippen molar-refractivity contribution in [2.75, 3.05) is 11.4 Å². The van der Waals surface area contributed by atoms with E-state index in [1.54, 1.807) is 0 Å². The van der Waals surface area contributed by atoms with Crippen LogP contribution in [0.2, 0.25) is 0 Å². The summed E-state index contributed by atoms with van der Waals surface area (Å²) in [5, 5.41) is 0. The summed E-state index contributed by atoms with van der Waals surface area (Å²) >= 11 is 0. The van der Waals surface area contributed by atoms with Crippen LogP contribution in [0, 0.1) is 6.92 Å². The normalized spacial score (nSPS) is 17.9. The number of anilines is 1. The van der Waals surface area contributed by atoms with E-state index in [0.29, 0.717) is 12.3 Å². The van der Waals surface area contributed by atoms with E-state index in [1.165, 1.54) is 55.2 Å². The Morgan fingerprint density at radius 3 is 2.40 bits per heavy atom. The Kier molecular flexibility index (Phi) is 8.13. The maximum Gasteiger partial charge on any atom is 0.227 e. The summed E-state index contributed by atoms with van der Waals surface area (Å²) in [5.41, 5.74) is 5.17. The highest BCUT2D eigenvalue weighted by Gasteiger charge is 2.40. The van der Waals surface area contributed by atoms with Crippen LogP contribution in [0.4, 0.5) is 5.69 Å². The lowest BCUT2D eigenvalue weighted by Gasteiger charge is -2.26. The zero-order chi connectivity index (χ0) is 21.4. The fraction of sp³-hybridized carbons (Fsp3) is 0.536. The Bertz CT molecular complexity index is 813. The summed E-state index contributed by atoms with van der Waals surface area (Å²) in [7, 11) is 0. The molecule has 1 heterocycles. The van der Waals surface area contributed by atoms with E-state index in [4.69, 9.17) is 0 Å². The third-order valence-corrected chi connectivity index (χ3v) is 6.70. The van der Waals surface area contributed by atoms with Crippen LogP contribution in [0.3, 0.4) is 0 Å². The molecule has 0 bridgehead atoms. The van der Waals surface area contributed by atoms with Gasteiger partial charge in [-0.3, -0.25) is 4.79 Å². The molecule has 0 radical (unpaired) electrons. The van der Waals surface area contributed by atoms with Crippen molar-refractivity contribution in [2.24, 2.45) is 0 Å². The highest BCUT2D eigenvalue weighted by molar-refractivity contribution is 5.96. The van der Waals surface area contributed by atoms with Gasteiger partial charge in [0.1, 0.15) is 0 Å². The molecule has 0 aliphatic carbocycles. The fourth-order valence-electron chi connectivity index (χ4n) is 4.76. The number of carbonyl (C=O) groups excluding carboxylic acids is 1. The number of carbonyl (C=O) groups is 1. The van der Waals surface area contributed by atoms with Gasteiger partial charge in [0.25, 0.3) is 0 Å². The highest BCUT2D eigenvalue weighted by Crippen LogP contribution is 2.44. The van der Waals surface area contributed by atoms with Crippen molar-refractivity contribution in [3.8, 4) is 0 Å². The van der Waals surface area contributed by atoms with Gasteiger partial charge in [0.2, 0.25) is 5.91 Å². The maximum absolute atomic E-state index is 13.1. The number of rotatable bonds is 11. The first kappa shape index (κ1) is 22.6. The molecule has 1 aliphatic heterocycles. The Morgan fingerprint density at radius 2 is 1.67 bits per heavy atom. The van der Waals surface area contributed by atoms with Gasteiger partial charge in [-0.05, 0) is 43.4 Å². The molecule has 2 aromatic carbocycles. The molecular formula is C28H39NO. The van der Waals surface area contributed by atoms with E-state index in [2.05, 4.69) is 74.2 Å². The number of hydrogen-bond acceptors (Lipinski definition) is 1. The van der Waals surface area contributed by atoms with Gasteiger partial charge in [-0.25, -0.2) is 0 Å². The summed E-state index contributed by atoms with van der Waals surface area (Å²) in [6.45, 7) is 7.56. The van der Waals surface area contributed by atoms with Crippen LogP contribution in [0.15, 0.2) is 48.5 Å². The number of amides is 1. The van der Waals surface area contributed by atoms with Crippen LogP contribution in [0.5, 0.6) is 0 Å². The standard InChI is InChI=1S/C28H39NO/c1-4-5-6-7-8-9-13-16-27(30)29-22-28(3,20-19-24-14-11-10-12-15-24)25-21-23(2)17-18-26(25)29/h10-12,14-15,17-18,21H,4-9,13,16,19-20,22H2,1-3H3. The van der Waals surface area contributed by atoms with Crippen LogP contribution in [-0.4, -0.2) is 12.5 Å². The van der Waals surface area contributed by atoms with E-state index in [-0.39, 0.29) is 5.41 Å². The van der Waals surface area contributed by atoms with Gasteiger partial charge in [0.05, 0.1) is 0 Å². The Balaban J connectivity index is 1.61. The lowest BCUT2D eigenvalue weighted by Crippen LogP contribution is -2.35. The smallest absolute Gasteiger partial charge is 0.227 e.